The van der Waals surface area contributed by atoms with Gasteiger partial charge in [0.15, 0.2) is 5.58 Å². The average Bonchev–Trinajstić information content (AvgIpc) is 3.83. The third-order valence-electron chi connectivity index (χ3n) is 14.4. The number of hydrogen-bond donors (Lipinski definition) is 0. The highest BCUT2D eigenvalue weighted by Gasteiger charge is 2.22. The molecule has 2 nitrogen and oxygen atoms in total. The Morgan fingerprint density at radius 3 is 1.30 bits per heavy atom. The second-order valence-electron chi connectivity index (χ2n) is 18.5. The minimum absolute atomic E-state index is 0.863. The van der Waals surface area contributed by atoms with E-state index in [1.807, 2.05) is 0 Å². The molecule has 70 heavy (non-hydrogen) atoms. The average molecular weight is 890 g/mol. The van der Waals surface area contributed by atoms with Crippen LogP contribution in [0.3, 0.4) is 0 Å². The van der Waals surface area contributed by atoms with Crippen LogP contribution in [0.15, 0.2) is 265 Å². The molecule has 0 unspecified atom stereocenters. The minimum Gasteiger partial charge on any atom is -0.454 e. The van der Waals surface area contributed by atoms with E-state index in [1.165, 1.54) is 81.9 Å². The highest BCUT2D eigenvalue weighted by atomic mass is 16.3. The van der Waals surface area contributed by atoms with Gasteiger partial charge in [0.1, 0.15) is 5.58 Å². The highest BCUT2D eigenvalue weighted by molar-refractivity contribution is 6.23. The number of fused-ring (bicyclic) bond motifs is 9. The Balaban J connectivity index is 0.845. The van der Waals surface area contributed by atoms with Crippen molar-refractivity contribution in [3.05, 3.63) is 261 Å². The van der Waals surface area contributed by atoms with Crippen LogP contribution in [-0.2, 0) is 0 Å². The standard InChI is InChI=1S/C68H43NO/c1-3-12-48-38-52(22-20-44(48)10-1)55-26-25-53-39-50(23-24-54(53)40-55)46-28-33-59(34-29-46)69(65-43-57-14-5-6-16-63(57)67-64-17-7-8-19-66(64)70-68(65)67)60-35-30-47(31-36-60)51-32-37-62-56(42-51)15-9-18-61(62)58-27-21-45-11-2-4-13-49(45)41-58/h1-43H. The van der Waals surface area contributed by atoms with Crippen LogP contribution in [0.2, 0.25) is 0 Å². The summed E-state index contributed by atoms with van der Waals surface area (Å²) in [5, 5.41) is 14.5. The van der Waals surface area contributed by atoms with Gasteiger partial charge in [-0.15, -0.1) is 0 Å². The van der Waals surface area contributed by atoms with E-state index >= 15 is 0 Å². The maximum Gasteiger partial charge on any atom is 0.160 e. The van der Waals surface area contributed by atoms with Crippen molar-refractivity contribution in [2.45, 2.75) is 0 Å². The zero-order chi connectivity index (χ0) is 46.1. The van der Waals surface area contributed by atoms with Gasteiger partial charge >= 0.3 is 0 Å². The van der Waals surface area contributed by atoms with Crippen LogP contribution in [0.25, 0.3) is 120 Å². The van der Waals surface area contributed by atoms with Crippen molar-refractivity contribution in [2.24, 2.45) is 0 Å². The molecule has 0 saturated heterocycles. The summed E-state index contributed by atoms with van der Waals surface area (Å²) in [6.07, 6.45) is 0. The van der Waals surface area contributed by atoms with Gasteiger partial charge in [0.2, 0.25) is 0 Å². The Morgan fingerprint density at radius 2 is 0.671 bits per heavy atom. The molecule has 0 fully saturated rings. The largest absolute Gasteiger partial charge is 0.454 e. The summed E-state index contributed by atoms with van der Waals surface area (Å²) in [6, 6.07) is 95.0. The molecule has 0 aliphatic heterocycles. The Labute approximate surface area is 405 Å². The predicted octanol–water partition coefficient (Wildman–Crippen LogP) is 19.5. The molecular formula is C68H43NO. The lowest BCUT2D eigenvalue weighted by atomic mass is 9.94. The Kier molecular flexibility index (Phi) is 9.25. The third kappa shape index (κ3) is 6.80. The van der Waals surface area contributed by atoms with Gasteiger partial charge in [0.25, 0.3) is 0 Å². The number of anilines is 3. The van der Waals surface area contributed by atoms with E-state index in [1.54, 1.807) is 0 Å². The number of furan rings is 1. The first kappa shape index (κ1) is 39.9. The van der Waals surface area contributed by atoms with Crippen molar-refractivity contribution < 1.29 is 4.42 Å². The van der Waals surface area contributed by atoms with Crippen LogP contribution in [-0.4, -0.2) is 0 Å². The Bertz CT molecular complexity index is 4350. The first-order chi connectivity index (χ1) is 34.6. The molecule has 13 aromatic carbocycles. The van der Waals surface area contributed by atoms with Crippen molar-refractivity contribution in [1.29, 1.82) is 0 Å². The van der Waals surface area contributed by atoms with Crippen molar-refractivity contribution in [1.82, 2.24) is 0 Å². The molecular weight excluding hydrogens is 847 g/mol. The first-order valence-electron chi connectivity index (χ1n) is 24.0. The lowest BCUT2D eigenvalue weighted by Crippen LogP contribution is -2.10. The van der Waals surface area contributed by atoms with Crippen LogP contribution in [0.1, 0.15) is 0 Å². The van der Waals surface area contributed by atoms with Crippen molar-refractivity contribution in [3.63, 3.8) is 0 Å². The molecule has 2 heteroatoms. The zero-order valence-electron chi connectivity index (χ0n) is 38.2. The van der Waals surface area contributed by atoms with Gasteiger partial charge in [0.05, 0.1) is 5.69 Å². The molecule has 0 bridgehead atoms. The second-order valence-corrected chi connectivity index (χ2v) is 18.5. The van der Waals surface area contributed by atoms with E-state index in [9.17, 15) is 0 Å². The number of rotatable bonds is 7. The molecule has 0 saturated carbocycles. The third-order valence-corrected chi connectivity index (χ3v) is 14.4. The van der Waals surface area contributed by atoms with Gasteiger partial charge in [0, 0.05) is 22.1 Å². The maximum absolute atomic E-state index is 6.86. The highest BCUT2D eigenvalue weighted by Crippen LogP contribution is 2.46. The topological polar surface area (TPSA) is 16.4 Å². The van der Waals surface area contributed by atoms with Crippen LogP contribution < -0.4 is 4.90 Å². The molecule has 0 radical (unpaired) electrons. The van der Waals surface area contributed by atoms with E-state index in [2.05, 4.69) is 266 Å². The molecule has 0 aliphatic rings. The van der Waals surface area contributed by atoms with Gasteiger partial charge in [-0.1, -0.05) is 194 Å². The van der Waals surface area contributed by atoms with E-state index in [0.29, 0.717) is 0 Å². The minimum atomic E-state index is 0.863. The molecule has 0 atom stereocenters. The monoisotopic (exact) mass is 889 g/mol. The Hall–Kier alpha value is -9.24. The SMILES string of the molecule is c1ccc2cc(-c3ccc4cc(-c5ccc(N(c6ccc(-c7ccc8c(-c9ccc%10ccccc%10c9)cccc8c7)cc6)c6cc7ccccc7c7c6oc6ccccc67)cc5)ccc4c3)ccc2c1. The molecule has 14 rings (SSSR count). The molecule has 0 aliphatic carbocycles. The summed E-state index contributed by atoms with van der Waals surface area (Å²) in [7, 11) is 0. The van der Waals surface area contributed by atoms with E-state index < -0.39 is 0 Å². The smallest absolute Gasteiger partial charge is 0.160 e. The molecule has 0 N–H and O–H groups in total. The normalized spacial score (nSPS) is 11.7. The van der Waals surface area contributed by atoms with Gasteiger partial charge < -0.3 is 9.32 Å². The lowest BCUT2D eigenvalue weighted by Gasteiger charge is -2.26. The van der Waals surface area contributed by atoms with Crippen LogP contribution in [0.4, 0.5) is 17.1 Å². The summed E-state index contributed by atoms with van der Waals surface area (Å²) < 4.78 is 6.86. The molecule has 0 spiro atoms. The quantitative estimate of drug-likeness (QED) is 0.159. The number of nitrogens with zero attached hydrogens (tertiary/aromatic N) is 1. The van der Waals surface area contributed by atoms with Gasteiger partial charge in [-0.05, 0) is 165 Å². The summed E-state index contributed by atoms with van der Waals surface area (Å²) in [4.78, 5) is 2.36. The first-order valence-corrected chi connectivity index (χ1v) is 24.0. The van der Waals surface area contributed by atoms with E-state index in [0.717, 1.165) is 55.5 Å². The molecule has 326 valence electrons. The van der Waals surface area contributed by atoms with Crippen molar-refractivity contribution in [2.75, 3.05) is 4.90 Å². The summed E-state index contributed by atoms with van der Waals surface area (Å²) in [5.41, 5.74) is 14.4. The number of para-hydroxylation sites is 1. The fourth-order valence-electron chi connectivity index (χ4n) is 10.8. The van der Waals surface area contributed by atoms with Crippen LogP contribution >= 0.6 is 0 Å². The molecule has 14 aromatic rings. The van der Waals surface area contributed by atoms with E-state index in [-0.39, 0.29) is 0 Å². The van der Waals surface area contributed by atoms with E-state index in [4.69, 9.17) is 4.42 Å². The molecule has 1 heterocycles. The second kappa shape index (κ2) is 16.2. The number of hydrogen-bond acceptors (Lipinski definition) is 2. The van der Waals surface area contributed by atoms with Crippen LogP contribution in [0, 0.1) is 0 Å². The summed E-state index contributed by atoms with van der Waals surface area (Å²) in [6.45, 7) is 0. The molecule has 0 amide bonds. The summed E-state index contributed by atoms with van der Waals surface area (Å²) in [5.74, 6) is 0. The fraction of sp³-hybridized carbons (Fsp3) is 0. The van der Waals surface area contributed by atoms with Crippen molar-refractivity contribution in [3.8, 4) is 44.5 Å². The lowest BCUT2D eigenvalue weighted by molar-refractivity contribution is 0.669. The Morgan fingerprint density at radius 1 is 0.257 bits per heavy atom. The van der Waals surface area contributed by atoms with Gasteiger partial charge in [-0.2, -0.15) is 0 Å². The molecule has 1 aromatic heterocycles. The summed E-state index contributed by atoms with van der Waals surface area (Å²) >= 11 is 0. The predicted molar refractivity (Wildman–Crippen MR) is 298 cm³/mol. The maximum atomic E-state index is 6.86. The van der Waals surface area contributed by atoms with Crippen molar-refractivity contribution >= 4 is 92.9 Å². The number of benzene rings is 13. The van der Waals surface area contributed by atoms with Gasteiger partial charge in [-0.3, -0.25) is 0 Å². The fourth-order valence-corrected chi connectivity index (χ4v) is 10.8. The zero-order valence-corrected chi connectivity index (χ0v) is 38.2. The van der Waals surface area contributed by atoms with Gasteiger partial charge in [-0.25, -0.2) is 0 Å². The van der Waals surface area contributed by atoms with Crippen LogP contribution in [0.5, 0.6) is 0 Å².